The van der Waals surface area contributed by atoms with Crippen LogP contribution in [0.5, 0.6) is 0 Å². The van der Waals surface area contributed by atoms with Gasteiger partial charge < -0.3 is 10.1 Å². The van der Waals surface area contributed by atoms with Crippen molar-refractivity contribution in [1.29, 1.82) is 0 Å². The molecule has 2 aromatic heterocycles. The van der Waals surface area contributed by atoms with Crippen LogP contribution in [0.4, 0.5) is 0 Å². The van der Waals surface area contributed by atoms with Crippen LogP contribution in [0.2, 0.25) is 0 Å². The number of ether oxygens (including phenoxy) is 1. The molecule has 2 atom stereocenters. The minimum absolute atomic E-state index is 0.0326. The summed E-state index contributed by atoms with van der Waals surface area (Å²) in [5.41, 5.74) is 1.17. The average molecular weight is 316 g/mol. The molecule has 8 heteroatoms. The molecule has 1 amide bonds. The van der Waals surface area contributed by atoms with Crippen molar-refractivity contribution >= 4 is 11.6 Å². The topological polar surface area (TPSA) is 84.6 Å². The molecule has 0 spiro atoms. The van der Waals surface area contributed by atoms with Crippen LogP contribution in [-0.2, 0) is 4.74 Å². The Kier molecular flexibility index (Phi) is 3.92. The SMILES string of the molecule is O=C(N[C@H]1COC[C@@H]1N1CCCCC1)c1ccc2nnnn2c1. The van der Waals surface area contributed by atoms with Crippen LogP contribution in [0.3, 0.4) is 0 Å². The number of amides is 1. The maximum atomic E-state index is 12.5. The van der Waals surface area contributed by atoms with E-state index in [-0.39, 0.29) is 18.0 Å². The molecule has 0 unspecified atom stereocenters. The van der Waals surface area contributed by atoms with Gasteiger partial charge in [0, 0.05) is 6.20 Å². The number of rotatable bonds is 3. The van der Waals surface area contributed by atoms with E-state index in [4.69, 9.17) is 4.74 Å². The number of aromatic nitrogens is 4. The van der Waals surface area contributed by atoms with E-state index in [2.05, 4.69) is 25.7 Å². The average Bonchev–Trinajstić information content (AvgIpc) is 3.23. The molecule has 2 fully saturated rings. The number of fused-ring (bicyclic) bond motifs is 1. The Hall–Kier alpha value is -2.06. The van der Waals surface area contributed by atoms with E-state index < -0.39 is 0 Å². The van der Waals surface area contributed by atoms with Gasteiger partial charge in [-0.1, -0.05) is 6.42 Å². The first kappa shape index (κ1) is 14.5. The predicted molar refractivity (Wildman–Crippen MR) is 82.1 cm³/mol. The quantitative estimate of drug-likeness (QED) is 0.865. The number of piperidine rings is 1. The van der Waals surface area contributed by atoms with E-state index in [9.17, 15) is 4.79 Å². The molecular formula is C15H20N6O2. The van der Waals surface area contributed by atoms with Gasteiger partial charge in [0.2, 0.25) is 0 Å². The summed E-state index contributed by atoms with van der Waals surface area (Å²) in [6.07, 6.45) is 5.41. The lowest BCUT2D eigenvalue weighted by Crippen LogP contribution is -2.52. The van der Waals surface area contributed by atoms with Gasteiger partial charge in [-0.15, -0.1) is 5.10 Å². The molecule has 23 heavy (non-hydrogen) atoms. The number of tetrazole rings is 1. The highest BCUT2D eigenvalue weighted by Gasteiger charge is 2.34. The van der Waals surface area contributed by atoms with Crippen LogP contribution in [0.15, 0.2) is 18.3 Å². The van der Waals surface area contributed by atoms with Gasteiger partial charge in [0.05, 0.1) is 30.9 Å². The minimum atomic E-state index is -0.111. The third-order valence-corrected chi connectivity index (χ3v) is 4.68. The lowest BCUT2D eigenvalue weighted by atomic mass is 10.0. The van der Waals surface area contributed by atoms with Gasteiger partial charge >= 0.3 is 0 Å². The number of hydrogen-bond acceptors (Lipinski definition) is 6. The van der Waals surface area contributed by atoms with Gasteiger partial charge in [-0.2, -0.15) is 4.52 Å². The molecule has 0 radical (unpaired) electrons. The van der Waals surface area contributed by atoms with E-state index in [1.54, 1.807) is 18.3 Å². The molecule has 2 saturated heterocycles. The largest absolute Gasteiger partial charge is 0.378 e. The molecule has 4 rings (SSSR count). The van der Waals surface area contributed by atoms with Crippen molar-refractivity contribution in [3.8, 4) is 0 Å². The van der Waals surface area contributed by atoms with Crippen molar-refractivity contribution in [2.75, 3.05) is 26.3 Å². The first-order valence-corrected chi connectivity index (χ1v) is 8.12. The summed E-state index contributed by atoms with van der Waals surface area (Å²) in [6, 6.07) is 3.79. The Morgan fingerprint density at radius 3 is 2.96 bits per heavy atom. The minimum Gasteiger partial charge on any atom is -0.378 e. The summed E-state index contributed by atoms with van der Waals surface area (Å²) in [7, 11) is 0. The summed E-state index contributed by atoms with van der Waals surface area (Å²) in [4.78, 5) is 15.0. The fraction of sp³-hybridized carbons (Fsp3) is 0.600. The summed E-state index contributed by atoms with van der Waals surface area (Å²) < 4.78 is 7.13. The Morgan fingerprint density at radius 2 is 2.09 bits per heavy atom. The van der Waals surface area contributed by atoms with Crippen molar-refractivity contribution in [3.05, 3.63) is 23.9 Å². The van der Waals surface area contributed by atoms with Crippen molar-refractivity contribution in [1.82, 2.24) is 30.3 Å². The molecule has 122 valence electrons. The van der Waals surface area contributed by atoms with Crippen LogP contribution < -0.4 is 5.32 Å². The number of pyridine rings is 1. The maximum absolute atomic E-state index is 12.5. The van der Waals surface area contributed by atoms with Crippen molar-refractivity contribution < 1.29 is 9.53 Å². The molecule has 0 bridgehead atoms. The van der Waals surface area contributed by atoms with Crippen LogP contribution in [0.1, 0.15) is 29.6 Å². The highest BCUT2D eigenvalue weighted by atomic mass is 16.5. The molecule has 0 aliphatic carbocycles. The van der Waals surface area contributed by atoms with Gasteiger partial charge in [-0.25, -0.2) is 0 Å². The molecule has 4 heterocycles. The number of likely N-dealkylation sites (tertiary alicyclic amines) is 1. The lowest BCUT2D eigenvalue weighted by Gasteiger charge is -2.34. The standard InChI is InChI=1S/C15H20N6O2/c22-15(11-4-5-14-17-18-19-21(14)8-11)16-12-9-23-10-13(12)20-6-2-1-3-7-20/h4-5,8,12-13H,1-3,6-7,9-10H2,(H,16,22)/t12-,13-/m0/s1. The molecular weight excluding hydrogens is 296 g/mol. The highest BCUT2D eigenvalue weighted by molar-refractivity contribution is 5.94. The smallest absolute Gasteiger partial charge is 0.253 e. The molecule has 1 N–H and O–H groups in total. The van der Waals surface area contributed by atoms with Gasteiger partial charge in [0.25, 0.3) is 5.91 Å². The van der Waals surface area contributed by atoms with Crippen LogP contribution in [0, 0.1) is 0 Å². The Morgan fingerprint density at radius 1 is 1.22 bits per heavy atom. The van der Waals surface area contributed by atoms with Gasteiger partial charge in [-0.05, 0) is 48.5 Å². The molecule has 0 aromatic carbocycles. The second-order valence-electron chi connectivity index (χ2n) is 6.18. The molecule has 0 saturated carbocycles. The molecule has 2 aromatic rings. The summed E-state index contributed by atoms with van der Waals surface area (Å²) >= 11 is 0. The van der Waals surface area contributed by atoms with Crippen molar-refractivity contribution in [3.63, 3.8) is 0 Å². The van der Waals surface area contributed by atoms with Gasteiger partial charge in [-0.3, -0.25) is 9.69 Å². The van der Waals surface area contributed by atoms with Crippen LogP contribution in [-0.4, -0.2) is 69.2 Å². The van der Waals surface area contributed by atoms with E-state index in [1.807, 2.05) is 0 Å². The van der Waals surface area contributed by atoms with Crippen molar-refractivity contribution in [2.45, 2.75) is 31.3 Å². The molecule has 2 aliphatic rings. The third kappa shape index (κ3) is 2.91. The summed E-state index contributed by atoms with van der Waals surface area (Å²) in [5.74, 6) is -0.111. The fourth-order valence-corrected chi connectivity index (χ4v) is 3.42. The summed E-state index contributed by atoms with van der Waals surface area (Å²) in [5, 5.41) is 14.4. The monoisotopic (exact) mass is 316 g/mol. The second kappa shape index (κ2) is 6.21. The molecule has 8 nitrogen and oxygen atoms in total. The normalized spacial score (nSPS) is 25.7. The zero-order valence-corrected chi connectivity index (χ0v) is 12.9. The number of hydrogen-bond donors (Lipinski definition) is 1. The first-order valence-electron chi connectivity index (χ1n) is 8.12. The Bertz CT molecular complexity index is 696. The number of carbonyl (C=O) groups excluding carboxylic acids is 1. The number of carbonyl (C=O) groups is 1. The highest BCUT2D eigenvalue weighted by Crippen LogP contribution is 2.19. The Labute approximate surface area is 133 Å². The van der Waals surface area contributed by atoms with Gasteiger partial charge in [0.15, 0.2) is 5.65 Å². The maximum Gasteiger partial charge on any atom is 0.253 e. The fourth-order valence-electron chi connectivity index (χ4n) is 3.42. The molecule has 2 aliphatic heterocycles. The zero-order valence-electron chi connectivity index (χ0n) is 12.9. The van der Waals surface area contributed by atoms with E-state index in [1.165, 1.54) is 23.8 Å². The van der Waals surface area contributed by atoms with Gasteiger partial charge in [0.1, 0.15) is 0 Å². The first-order chi connectivity index (χ1) is 11.3. The zero-order chi connectivity index (χ0) is 15.6. The lowest BCUT2D eigenvalue weighted by molar-refractivity contribution is 0.0899. The number of nitrogens with one attached hydrogen (secondary N) is 1. The van der Waals surface area contributed by atoms with Crippen LogP contribution in [0.25, 0.3) is 5.65 Å². The second-order valence-corrected chi connectivity index (χ2v) is 6.18. The van der Waals surface area contributed by atoms with E-state index in [0.29, 0.717) is 24.4 Å². The predicted octanol–water partition coefficient (Wildman–Crippen LogP) is 0.107. The van der Waals surface area contributed by atoms with E-state index >= 15 is 0 Å². The van der Waals surface area contributed by atoms with E-state index in [0.717, 1.165) is 13.1 Å². The Balaban J connectivity index is 1.46. The summed E-state index contributed by atoms with van der Waals surface area (Å²) in [6.45, 7) is 3.45. The van der Waals surface area contributed by atoms with Crippen molar-refractivity contribution in [2.24, 2.45) is 0 Å². The third-order valence-electron chi connectivity index (χ3n) is 4.68. The number of nitrogens with zero attached hydrogens (tertiary/aromatic N) is 5. The van der Waals surface area contributed by atoms with Crippen LogP contribution >= 0.6 is 0 Å².